The molecule has 0 aromatic heterocycles. The molecule has 0 aliphatic carbocycles. The standard InChI is InChI=1S/C18H18BrClN2O3/c1-3-24-16-9-13(15(19)10-17(16)25-4-2)11-21-22-18(23)12-5-7-14(20)8-6-12/h5-11H,3-4H2,1-2H3,(H,22,23)/b21-11-. The Hall–Kier alpha value is -2.05. The summed E-state index contributed by atoms with van der Waals surface area (Å²) in [5.74, 6) is 0.955. The van der Waals surface area contributed by atoms with Crippen LogP contribution >= 0.6 is 27.5 Å². The molecule has 0 radical (unpaired) electrons. The highest BCUT2D eigenvalue weighted by molar-refractivity contribution is 9.10. The van der Waals surface area contributed by atoms with Gasteiger partial charge < -0.3 is 9.47 Å². The van der Waals surface area contributed by atoms with Gasteiger partial charge in [-0.15, -0.1) is 0 Å². The lowest BCUT2D eigenvalue weighted by atomic mass is 10.2. The van der Waals surface area contributed by atoms with Gasteiger partial charge in [-0.1, -0.05) is 11.6 Å². The van der Waals surface area contributed by atoms with Crippen molar-refractivity contribution in [1.29, 1.82) is 0 Å². The van der Waals surface area contributed by atoms with Gasteiger partial charge >= 0.3 is 0 Å². The third kappa shape index (κ3) is 5.47. The van der Waals surface area contributed by atoms with Gasteiger partial charge in [0.15, 0.2) is 11.5 Å². The van der Waals surface area contributed by atoms with E-state index in [2.05, 4.69) is 26.5 Å². The molecule has 0 saturated heterocycles. The van der Waals surface area contributed by atoms with Gasteiger partial charge in [-0.2, -0.15) is 5.10 Å². The minimum Gasteiger partial charge on any atom is -0.490 e. The molecule has 0 unspecified atom stereocenters. The number of nitrogens with one attached hydrogen (secondary N) is 1. The Kier molecular flexibility index (Phi) is 7.28. The van der Waals surface area contributed by atoms with Crippen LogP contribution in [0.1, 0.15) is 29.8 Å². The Morgan fingerprint density at radius 3 is 2.36 bits per heavy atom. The highest BCUT2D eigenvalue weighted by Crippen LogP contribution is 2.33. The Bertz CT molecular complexity index is 764. The van der Waals surface area contributed by atoms with Gasteiger partial charge in [-0.25, -0.2) is 5.43 Å². The van der Waals surface area contributed by atoms with Crippen molar-refractivity contribution in [3.8, 4) is 11.5 Å². The molecule has 5 nitrogen and oxygen atoms in total. The van der Waals surface area contributed by atoms with Crippen LogP contribution in [-0.2, 0) is 0 Å². The molecule has 0 atom stereocenters. The molecular formula is C18H18BrClN2O3. The molecule has 0 aliphatic rings. The fourth-order valence-corrected chi connectivity index (χ4v) is 2.56. The summed E-state index contributed by atoms with van der Waals surface area (Å²) in [5.41, 5.74) is 3.71. The van der Waals surface area contributed by atoms with Crippen LogP contribution in [0.25, 0.3) is 0 Å². The lowest BCUT2D eigenvalue weighted by Gasteiger charge is -2.12. The molecule has 2 aromatic rings. The number of hydrogen-bond donors (Lipinski definition) is 1. The fraction of sp³-hybridized carbons (Fsp3) is 0.222. The number of hydrazone groups is 1. The smallest absolute Gasteiger partial charge is 0.271 e. The second-order valence-corrected chi connectivity index (χ2v) is 6.18. The molecule has 1 amide bonds. The molecule has 0 bridgehead atoms. The zero-order valence-electron chi connectivity index (χ0n) is 13.9. The van der Waals surface area contributed by atoms with E-state index < -0.39 is 0 Å². The molecule has 0 fully saturated rings. The van der Waals surface area contributed by atoms with E-state index >= 15 is 0 Å². The van der Waals surface area contributed by atoms with Gasteiger partial charge in [-0.05, 0) is 66.2 Å². The molecular weight excluding hydrogens is 408 g/mol. The van der Waals surface area contributed by atoms with Gasteiger partial charge in [0.25, 0.3) is 5.91 Å². The quantitative estimate of drug-likeness (QED) is 0.518. The van der Waals surface area contributed by atoms with Crippen LogP contribution in [0.4, 0.5) is 0 Å². The number of carbonyl (C=O) groups is 1. The molecule has 0 spiro atoms. The highest BCUT2D eigenvalue weighted by Gasteiger charge is 2.10. The van der Waals surface area contributed by atoms with Crippen LogP contribution in [0.3, 0.4) is 0 Å². The first kappa shape index (κ1) is 19.3. The second kappa shape index (κ2) is 9.44. The Balaban J connectivity index is 2.12. The summed E-state index contributed by atoms with van der Waals surface area (Å²) in [6, 6.07) is 10.2. The van der Waals surface area contributed by atoms with Gasteiger partial charge in [-0.3, -0.25) is 4.79 Å². The maximum Gasteiger partial charge on any atom is 0.271 e. The predicted octanol–water partition coefficient (Wildman–Crippen LogP) is 4.66. The number of ether oxygens (including phenoxy) is 2. The van der Waals surface area contributed by atoms with E-state index in [-0.39, 0.29) is 5.91 Å². The van der Waals surface area contributed by atoms with E-state index in [1.807, 2.05) is 19.9 Å². The summed E-state index contributed by atoms with van der Waals surface area (Å²) >= 11 is 9.27. The van der Waals surface area contributed by atoms with E-state index in [0.717, 1.165) is 10.0 Å². The third-order valence-corrected chi connectivity index (χ3v) is 4.08. The van der Waals surface area contributed by atoms with Crippen molar-refractivity contribution in [2.45, 2.75) is 13.8 Å². The minimum absolute atomic E-state index is 0.319. The lowest BCUT2D eigenvalue weighted by molar-refractivity contribution is 0.0955. The summed E-state index contributed by atoms with van der Waals surface area (Å²) in [6.45, 7) is 4.87. The van der Waals surface area contributed by atoms with E-state index in [1.165, 1.54) is 6.21 Å². The maximum atomic E-state index is 12.0. The van der Waals surface area contributed by atoms with Gasteiger partial charge in [0.2, 0.25) is 0 Å². The first-order valence-electron chi connectivity index (χ1n) is 7.73. The first-order chi connectivity index (χ1) is 12.0. The van der Waals surface area contributed by atoms with Crippen molar-refractivity contribution in [3.05, 3.63) is 57.0 Å². The van der Waals surface area contributed by atoms with E-state index in [1.54, 1.807) is 30.3 Å². The summed E-state index contributed by atoms with van der Waals surface area (Å²) < 4.78 is 11.9. The SMILES string of the molecule is CCOc1cc(Br)c(/C=N\NC(=O)c2ccc(Cl)cc2)cc1OCC. The number of halogens is 2. The van der Waals surface area contributed by atoms with Crippen molar-refractivity contribution in [2.75, 3.05) is 13.2 Å². The van der Waals surface area contributed by atoms with Crippen molar-refractivity contribution < 1.29 is 14.3 Å². The average Bonchev–Trinajstić information content (AvgIpc) is 2.59. The maximum absolute atomic E-state index is 12.0. The number of rotatable bonds is 7. The number of nitrogens with zero attached hydrogens (tertiary/aromatic N) is 1. The largest absolute Gasteiger partial charge is 0.490 e. The van der Waals surface area contributed by atoms with Gasteiger partial charge in [0, 0.05) is 20.6 Å². The van der Waals surface area contributed by atoms with E-state index in [4.69, 9.17) is 21.1 Å². The monoisotopic (exact) mass is 424 g/mol. The second-order valence-electron chi connectivity index (χ2n) is 4.89. The van der Waals surface area contributed by atoms with Crippen molar-refractivity contribution in [1.82, 2.24) is 5.43 Å². The molecule has 1 N–H and O–H groups in total. The van der Waals surface area contributed by atoms with E-state index in [9.17, 15) is 4.79 Å². The molecule has 2 aromatic carbocycles. The number of hydrogen-bond acceptors (Lipinski definition) is 4. The Morgan fingerprint density at radius 2 is 1.76 bits per heavy atom. The molecule has 2 rings (SSSR count). The highest BCUT2D eigenvalue weighted by atomic mass is 79.9. The fourth-order valence-electron chi connectivity index (χ4n) is 2.01. The summed E-state index contributed by atoms with van der Waals surface area (Å²) in [7, 11) is 0. The van der Waals surface area contributed by atoms with Gasteiger partial charge in [0.05, 0.1) is 19.4 Å². The summed E-state index contributed by atoms with van der Waals surface area (Å²) in [6.07, 6.45) is 1.54. The summed E-state index contributed by atoms with van der Waals surface area (Å²) in [5, 5.41) is 4.57. The van der Waals surface area contributed by atoms with E-state index in [0.29, 0.717) is 35.3 Å². The van der Waals surface area contributed by atoms with Crippen LogP contribution in [0, 0.1) is 0 Å². The lowest BCUT2D eigenvalue weighted by Crippen LogP contribution is -2.17. The van der Waals surface area contributed by atoms with Crippen LogP contribution in [-0.4, -0.2) is 25.3 Å². The van der Waals surface area contributed by atoms with Crippen LogP contribution in [0.2, 0.25) is 5.02 Å². The number of carbonyl (C=O) groups excluding carboxylic acids is 1. The molecule has 0 aliphatic heterocycles. The predicted molar refractivity (Wildman–Crippen MR) is 103 cm³/mol. The Morgan fingerprint density at radius 1 is 1.16 bits per heavy atom. The van der Waals surface area contributed by atoms with Crippen molar-refractivity contribution >= 4 is 39.7 Å². The topological polar surface area (TPSA) is 59.9 Å². The summed E-state index contributed by atoms with van der Waals surface area (Å²) in [4.78, 5) is 12.0. The molecule has 25 heavy (non-hydrogen) atoms. The first-order valence-corrected chi connectivity index (χ1v) is 8.90. The number of amides is 1. The van der Waals surface area contributed by atoms with Crippen LogP contribution < -0.4 is 14.9 Å². The molecule has 7 heteroatoms. The zero-order chi connectivity index (χ0) is 18.2. The average molecular weight is 426 g/mol. The minimum atomic E-state index is -0.319. The number of benzene rings is 2. The molecule has 0 saturated carbocycles. The van der Waals surface area contributed by atoms with Crippen LogP contribution in [0.15, 0.2) is 46.0 Å². The zero-order valence-corrected chi connectivity index (χ0v) is 16.2. The normalized spacial score (nSPS) is 10.7. The van der Waals surface area contributed by atoms with Crippen molar-refractivity contribution in [2.24, 2.45) is 5.10 Å². The Labute approximate surface area is 160 Å². The van der Waals surface area contributed by atoms with Crippen LogP contribution in [0.5, 0.6) is 11.5 Å². The van der Waals surface area contributed by atoms with Gasteiger partial charge in [0.1, 0.15) is 0 Å². The third-order valence-electron chi connectivity index (χ3n) is 3.14. The van der Waals surface area contributed by atoms with Crippen molar-refractivity contribution in [3.63, 3.8) is 0 Å². The molecule has 132 valence electrons. The molecule has 0 heterocycles.